The van der Waals surface area contributed by atoms with Gasteiger partial charge in [0.1, 0.15) is 0 Å². The molecule has 0 amide bonds. The van der Waals surface area contributed by atoms with Crippen molar-refractivity contribution < 1.29 is 45.1 Å². The molecule has 0 aromatic heterocycles. The van der Waals surface area contributed by atoms with Crippen LogP contribution in [0.15, 0.2) is 24.3 Å². The van der Waals surface area contributed by atoms with Crippen molar-refractivity contribution in [2.75, 3.05) is 7.11 Å². The molecule has 0 radical (unpaired) electrons. The minimum atomic E-state index is -6.62. The van der Waals surface area contributed by atoms with Gasteiger partial charge in [0.05, 0.1) is 12.7 Å². The number of Topliss-reactive ketones (excluding diaryl/α,β-unsaturated/α-hetero) is 1. The topological polar surface area (TPSA) is 43.4 Å². The van der Waals surface area contributed by atoms with Crippen LogP contribution in [0.3, 0.4) is 0 Å². The zero-order valence-corrected chi connectivity index (χ0v) is 10.7. The molecule has 1 aromatic rings. The maximum absolute atomic E-state index is 13.3. The number of ketones is 1. The summed E-state index contributed by atoms with van der Waals surface area (Å²) in [5.74, 6) is -16.4. The van der Waals surface area contributed by atoms with E-state index in [1.54, 1.807) is 0 Å². The van der Waals surface area contributed by atoms with Crippen LogP contribution < -0.4 is 0 Å². The van der Waals surface area contributed by atoms with Gasteiger partial charge in [-0.05, 0) is 12.1 Å². The van der Waals surface area contributed by atoms with Gasteiger partial charge in [-0.3, -0.25) is 4.79 Å². The van der Waals surface area contributed by atoms with Crippen molar-refractivity contribution in [1.82, 2.24) is 0 Å². The lowest BCUT2D eigenvalue weighted by atomic mass is 9.98. The Labute approximate surface area is 118 Å². The Morgan fingerprint density at radius 3 is 1.91 bits per heavy atom. The van der Waals surface area contributed by atoms with Crippen LogP contribution in [-0.2, 0) is 4.74 Å². The second-order valence-electron chi connectivity index (χ2n) is 4.05. The number of rotatable bonds is 4. The van der Waals surface area contributed by atoms with E-state index in [2.05, 4.69) is 4.74 Å². The lowest BCUT2D eigenvalue weighted by Gasteiger charge is -2.27. The molecule has 22 heavy (non-hydrogen) atoms. The van der Waals surface area contributed by atoms with Crippen LogP contribution in [0.2, 0.25) is 0 Å². The quantitative estimate of drug-likeness (QED) is 0.482. The van der Waals surface area contributed by atoms with E-state index in [9.17, 15) is 40.3 Å². The molecule has 0 fully saturated rings. The average Bonchev–Trinajstić information content (AvgIpc) is 2.44. The van der Waals surface area contributed by atoms with Crippen LogP contribution in [0.4, 0.5) is 30.7 Å². The summed E-state index contributed by atoms with van der Waals surface area (Å²) < 4.78 is 92.3. The molecule has 0 spiro atoms. The third-order valence-electron chi connectivity index (χ3n) is 2.58. The van der Waals surface area contributed by atoms with E-state index in [-0.39, 0.29) is 0 Å². The molecular formula is C12H7F7O3. The van der Waals surface area contributed by atoms with E-state index < -0.39 is 40.9 Å². The van der Waals surface area contributed by atoms with E-state index in [4.69, 9.17) is 0 Å². The number of alkyl halides is 7. The molecule has 1 aromatic carbocycles. The summed E-state index contributed by atoms with van der Waals surface area (Å²) in [7, 11) is 0.920. The molecule has 0 N–H and O–H groups in total. The summed E-state index contributed by atoms with van der Waals surface area (Å²) in [6.07, 6.45) is -6.62. The van der Waals surface area contributed by atoms with Gasteiger partial charge >= 0.3 is 24.0 Å². The first-order valence-corrected chi connectivity index (χ1v) is 5.41. The molecular weight excluding hydrogens is 325 g/mol. The Bertz CT molecular complexity index is 593. The molecule has 0 aliphatic carbocycles. The molecule has 3 nitrogen and oxygen atoms in total. The Kier molecular flexibility index (Phi) is 4.54. The number of carbonyl (C=O) groups excluding carboxylic acids is 2. The van der Waals surface area contributed by atoms with Gasteiger partial charge in [0.15, 0.2) is 0 Å². The van der Waals surface area contributed by atoms with Gasteiger partial charge in [-0.25, -0.2) is 4.79 Å². The Balaban J connectivity index is 3.28. The minimum absolute atomic E-state index is 0.439. The number of methoxy groups -OCH3 is 1. The molecule has 0 saturated carbocycles. The van der Waals surface area contributed by atoms with Crippen molar-refractivity contribution in [3.8, 4) is 0 Å². The molecule has 0 bridgehead atoms. The van der Waals surface area contributed by atoms with Crippen molar-refractivity contribution in [2.45, 2.75) is 18.0 Å². The predicted molar refractivity (Wildman–Crippen MR) is 58.1 cm³/mol. The van der Waals surface area contributed by atoms with Gasteiger partial charge in [-0.15, -0.1) is 0 Å². The van der Waals surface area contributed by atoms with Crippen molar-refractivity contribution in [3.63, 3.8) is 0 Å². The summed E-state index contributed by atoms with van der Waals surface area (Å²) in [4.78, 5) is 22.5. The predicted octanol–water partition coefficient (Wildman–Crippen LogP) is 3.49. The van der Waals surface area contributed by atoms with Gasteiger partial charge in [-0.2, -0.15) is 30.7 Å². The number of halogens is 7. The minimum Gasteiger partial charge on any atom is -0.465 e. The van der Waals surface area contributed by atoms with Gasteiger partial charge in [0.25, 0.3) is 0 Å². The number of hydrogen-bond donors (Lipinski definition) is 0. The van der Waals surface area contributed by atoms with E-state index >= 15 is 0 Å². The van der Waals surface area contributed by atoms with Gasteiger partial charge < -0.3 is 4.74 Å². The summed E-state index contributed by atoms with van der Waals surface area (Å²) in [5, 5.41) is 0. The first kappa shape index (κ1) is 17.9. The Morgan fingerprint density at radius 1 is 0.955 bits per heavy atom. The second-order valence-corrected chi connectivity index (χ2v) is 4.05. The van der Waals surface area contributed by atoms with E-state index in [1.807, 2.05) is 0 Å². The molecule has 0 aliphatic rings. The number of benzene rings is 1. The summed E-state index contributed by atoms with van der Waals surface area (Å²) >= 11 is 0. The molecule has 0 atom stereocenters. The molecule has 122 valence electrons. The van der Waals surface area contributed by atoms with Gasteiger partial charge in [0.2, 0.25) is 5.78 Å². The van der Waals surface area contributed by atoms with Crippen LogP contribution in [0.5, 0.6) is 0 Å². The molecule has 10 heteroatoms. The van der Waals surface area contributed by atoms with Crippen LogP contribution in [-0.4, -0.2) is 36.9 Å². The highest BCUT2D eigenvalue weighted by molar-refractivity contribution is 6.03. The van der Waals surface area contributed by atoms with Crippen LogP contribution in [0, 0.1) is 0 Å². The SMILES string of the molecule is COC(=O)c1cccc(C(=O)C(F)(F)C(F)(F)C(F)(F)F)c1. The lowest BCUT2D eigenvalue weighted by molar-refractivity contribution is -0.339. The Morgan fingerprint density at radius 2 is 1.45 bits per heavy atom. The normalized spacial score (nSPS) is 12.9. The highest BCUT2D eigenvalue weighted by atomic mass is 19.4. The van der Waals surface area contributed by atoms with Crippen LogP contribution in [0.25, 0.3) is 0 Å². The van der Waals surface area contributed by atoms with Crippen molar-refractivity contribution >= 4 is 11.8 Å². The van der Waals surface area contributed by atoms with Crippen LogP contribution >= 0.6 is 0 Å². The van der Waals surface area contributed by atoms with E-state index in [0.29, 0.717) is 12.1 Å². The maximum Gasteiger partial charge on any atom is 0.460 e. The molecule has 0 heterocycles. The molecule has 1 rings (SSSR count). The van der Waals surface area contributed by atoms with Crippen molar-refractivity contribution in [1.29, 1.82) is 0 Å². The fourth-order valence-corrected chi connectivity index (χ4v) is 1.41. The highest BCUT2D eigenvalue weighted by Gasteiger charge is 2.76. The fraction of sp³-hybridized carbons (Fsp3) is 0.333. The summed E-state index contributed by atoms with van der Waals surface area (Å²) in [6, 6.07) is 2.88. The first-order chi connectivity index (χ1) is 9.86. The maximum atomic E-state index is 13.3. The summed E-state index contributed by atoms with van der Waals surface area (Å²) in [6.45, 7) is 0. The number of esters is 1. The average molecular weight is 332 g/mol. The third kappa shape index (κ3) is 2.90. The molecule has 0 unspecified atom stereocenters. The zero-order valence-electron chi connectivity index (χ0n) is 10.7. The largest absolute Gasteiger partial charge is 0.465 e. The number of hydrogen-bond acceptors (Lipinski definition) is 3. The van der Waals surface area contributed by atoms with Gasteiger partial charge in [-0.1, -0.05) is 12.1 Å². The van der Waals surface area contributed by atoms with Gasteiger partial charge in [0, 0.05) is 5.56 Å². The lowest BCUT2D eigenvalue weighted by Crippen LogP contribution is -2.56. The standard InChI is InChI=1S/C12H7F7O3/c1-22-9(21)7-4-2-3-6(5-7)8(20)10(13,14)11(15,16)12(17,18)19/h2-5H,1H3. The molecule has 0 aliphatic heterocycles. The Hall–Kier alpha value is -2.13. The monoisotopic (exact) mass is 332 g/mol. The zero-order chi connectivity index (χ0) is 17.3. The number of ether oxygens (including phenoxy) is 1. The van der Waals surface area contributed by atoms with Crippen molar-refractivity contribution in [3.05, 3.63) is 35.4 Å². The fourth-order valence-electron chi connectivity index (χ4n) is 1.41. The molecule has 0 saturated heterocycles. The van der Waals surface area contributed by atoms with E-state index in [0.717, 1.165) is 19.2 Å². The van der Waals surface area contributed by atoms with E-state index in [1.165, 1.54) is 0 Å². The second kappa shape index (κ2) is 5.58. The first-order valence-electron chi connectivity index (χ1n) is 5.41. The number of carbonyl (C=O) groups is 2. The van der Waals surface area contributed by atoms with Crippen LogP contribution in [0.1, 0.15) is 20.7 Å². The third-order valence-corrected chi connectivity index (χ3v) is 2.58. The smallest absolute Gasteiger partial charge is 0.460 e. The summed E-state index contributed by atoms with van der Waals surface area (Å²) in [5.41, 5.74) is -1.64. The van der Waals surface area contributed by atoms with Crippen molar-refractivity contribution in [2.24, 2.45) is 0 Å². The highest BCUT2D eigenvalue weighted by Crippen LogP contribution is 2.47.